The van der Waals surface area contributed by atoms with Gasteiger partial charge in [-0.2, -0.15) is 0 Å². The van der Waals surface area contributed by atoms with E-state index in [-0.39, 0.29) is 0 Å². The number of aryl methyl sites for hydroxylation is 1. The van der Waals surface area contributed by atoms with E-state index < -0.39 is 10.0 Å². The van der Waals surface area contributed by atoms with E-state index in [2.05, 4.69) is 19.2 Å². The molecule has 2 heterocycles. The van der Waals surface area contributed by atoms with E-state index in [1.807, 2.05) is 7.05 Å². The minimum Gasteiger partial charge on any atom is -0.320 e. The second-order valence-electron chi connectivity index (χ2n) is 4.10. The molecule has 2 rings (SSSR count). The summed E-state index contributed by atoms with van der Waals surface area (Å²) in [6.07, 6.45) is 2.08. The van der Waals surface area contributed by atoms with Crippen LogP contribution in [-0.4, -0.2) is 27.3 Å². The van der Waals surface area contributed by atoms with Crippen LogP contribution in [0.3, 0.4) is 0 Å². The first kappa shape index (κ1) is 16.0. The lowest BCUT2D eigenvalue weighted by Crippen LogP contribution is -2.10. The van der Waals surface area contributed by atoms with Crippen molar-refractivity contribution >= 4 is 33.1 Å². The molecule has 0 fully saturated rings. The summed E-state index contributed by atoms with van der Waals surface area (Å²) in [4.78, 5) is 0. The van der Waals surface area contributed by atoms with Gasteiger partial charge in [0.1, 0.15) is 4.21 Å². The highest BCUT2D eigenvalue weighted by atomic mass is 32.3. The van der Waals surface area contributed by atoms with Crippen molar-refractivity contribution in [2.45, 2.75) is 40.4 Å². The van der Waals surface area contributed by atoms with Crippen molar-refractivity contribution in [2.75, 3.05) is 13.6 Å². The number of hydrogen-bond donors (Lipinski definition) is 2. The van der Waals surface area contributed by atoms with E-state index in [0.717, 1.165) is 29.2 Å². The third kappa shape index (κ3) is 4.55. The number of nitrogens with one attached hydrogen (secondary N) is 1. The Morgan fingerprint density at radius 1 is 1.56 bits per heavy atom. The van der Waals surface area contributed by atoms with Gasteiger partial charge in [-0.1, -0.05) is 13.8 Å². The summed E-state index contributed by atoms with van der Waals surface area (Å²) >= 11 is 3.04. The smallest absolute Gasteiger partial charge is 0.247 e. The lowest BCUT2D eigenvalue weighted by Gasteiger charge is -2.16. The van der Waals surface area contributed by atoms with Crippen molar-refractivity contribution in [3.63, 3.8) is 0 Å². The van der Waals surface area contributed by atoms with Crippen LogP contribution in [0.25, 0.3) is 0 Å². The zero-order valence-corrected chi connectivity index (χ0v) is 13.3. The van der Waals surface area contributed by atoms with Crippen molar-refractivity contribution in [2.24, 2.45) is 5.14 Å². The third-order valence-corrected chi connectivity index (χ3v) is 6.56. The largest absolute Gasteiger partial charge is 0.320 e. The molecule has 4 nitrogen and oxygen atoms in total. The minimum absolute atomic E-state index is 0.295. The Kier molecular flexibility index (Phi) is 6.13. The first-order chi connectivity index (χ1) is 8.38. The van der Waals surface area contributed by atoms with Gasteiger partial charge < -0.3 is 5.32 Å². The zero-order chi connectivity index (χ0) is 13.8. The maximum atomic E-state index is 11.1. The quantitative estimate of drug-likeness (QED) is 0.877. The monoisotopic (exact) mass is 308 g/mol. The van der Waals surface area contributed by atoms with E-state index >= 15 is 0 Å². The fourth-order valence-electron chi connectivity index (χ4n) is 1.40. The van der Waals surface area contributed by atoms with Gasteiger partial charge in [-0.25, -0.2) is 13.6 Å². The van der Waals surface area contributed by atoms with Crippen molar-refractivity contribution in [1.82, 2.24) is 5.32 Å². The Hall–Kier alpha value is -0.0800. The Morgan fingerprint density at radius 2 is 2.17 bits per heavy atom. The molecule has 0 radical (unpaired) electrons. The number of hydrogen-bond acceptors (Lipinski definition) is 5. The first-order valence-electron chi connectivity index (χ1n) is 5.85. The summed E-state index contributed by atoms with van der Waals surface area (Å²) in [6, 6.07) is 1.72. The highest BCUT2D eigenvalue weighted by Crippen LogP contribution is 2.41. The van der Waals surface area contributed by atoms with Gasteiger partial charge in [0.15, 0.2) is 0 Å². The summed E-state index contributed by atoms with van der Waals surface area (Å²) in [5.74, 6) is 0. The van der Waals surface area contributed by atoms with Crippen LogP contribution >= 0.6 is 23.1 Å². The second-order valence-corrected chi connectivity index (χ2v) is 8.64. The van der Waals surface area contributed by atoms with E-state index in [9.17, 15) is 8.42 Å². The molecule has 1 aliphatic rings. The molecule has 1 unspecified atom stereocenters. The average molecular weight is 308 g/mol. The Labute approximate surface area is 117 Å². The number of thiophene rings is 1. The summed E-state index contributed by atoms with van der Waals surface area (Å²) in [6.45, 7) is 5.30. The Morgan fingerprint density at radius 3 is 2.67 bits per heavy atom. The fourth-order valence-corrected chi connectivity index (χ4v) is 5.13. The molecule has 1 aromatic heterocycles. The SMILES string of the molecule is CC1CCc2cc(S(N)(=O)=O)sc2S1.CCNC. The van der Waals surface area contributed by atoms with Gasteiger partial charge in [0.05, 0.1) is 4.21 Å². The van der Waals surface area contributed by atoms with Gasteiger partial charge in [-0.15, -0.1) is 23.1 Å². The normalized spacial score (nSPS) is 18.8. The molecule has 0 spiro atoms. The Bertz CT molecular complexity index is 480. The molecule has 1 atom stereocenters. The van der Waals surface area contributed by atoms with Crippen LogP contribution in [0, 0.1) is 0 Å². The Balaban J connectivity index is 0.000000357. The standard InChI is InChI=1S/C8H11NO2S3.C3H9N/c1-5-2-3-6-4-7(14(9,10)11)13-8(6)12-5;1-3-4-2/h4-5H,2-3H2,1H3,(H2,9,10,11);4H,3H2,1-2H3. The minimum atomic E-state index is -3.51. The maximum Gasteiger partial charge on any atom is 0.247 e. The third-order valence-electron chi connectivity index (χ3n) is 2.51. The van der Waals surface area contributed by atoms with Gasteiger partial charge in [0, 0.05) is 5.25 Å². The number of sulfonamides is 1. The van der Waals surface area contributed by atoms with E-state index in [4.69, 9.17) is 5.14 Å². The number of fused-ring (bicyclic) bond motifs is 1. The predicted octanol–water partition coefficient (Wildman–Crippen LogP) is 2.05. The molecule has 0 bridgehead atoms. The van der Waals surface area contributed by atoms with Gasteiger partial charge >= 0.3 is 0 Å². The molecule has 104 valence electrons. The molecular formula is C11H20N2O2S3. The number of rotatable bonds is 2. The number of primary sulfonamides is 1. The van der Waals surface area contributed by atoms with Gasteiger partial charge in [0.25, 0.3) is 0 Å². The number of thioether (sulfide) groups is 1. The average Bonchev–Trinajstić information content (AvgIpc) is 2.72. The van der Waals surface area contributed by atoms with Crippen LogP contribution in [0.15, 0.2) is 14.5 Å². The molecule has 0 aliphatic carbocycles. The lowest BCUT2D eigenvalue weighted by atomic mass is 10.1. The summed E-state index contributed by atoms with van der Waals surface area (Å²) < 4.78 is 23.6. The van der Waals surface area contributed by atoms with Crippen molar-refractivity contribution in [3.8, 4) is 0 Å². The van der Waals surface area contributed by atoms with E-state index in [1.54, 1.807) is 17.8 Å². The van der Waals surface area contributed by atoms with Crippen LogP contribution in [0.4, 0.5) is 0 Å². The van der Waals surface area contributed by atoms with Crippen LogP contribution in [0.5, 0.6) is 0 Å². The zero-order valence-electron chi connectivity index (χ0n) is 10.9. The highest BCUT2D eigenvalue weighted by molar-refractivity contribution is 8.02. The van der Waals surface area contributed by atoms with Gasteiger partial charge in [0.2, 0.25) is 10.0 Å². The fraction of sp³-hybridized carbons (Fsp3) is 0.636. The van der Waals surface area contributed by atoms with E-state index in [0.29, 0.717) is 9.46 Å². The predicted molar refractivity (Wildman–Crippen MR) is 78.9 cm³/mol. The molecule has 1 aliphatic heterocycles. The molecule has 3 N–H and O–H groups in total. The lowest BCUT2D eigenvalue weighted by molar-refractivity contribution is 0.599. The molecule has 0 aromatic carbocycles. The van der Waals surface area contributed by atoms with Crippen LogP contribution < -0.4 is 10.5 Å². The van der Waals surface area contributed by atoms with Crippen LogP contribution in [-0.2, 0) is 16.4 Å². The molecular weight excluding hydrogens is 288 g/mol. The summed E-state index contributed by atoms with van der Waals surface area (Å²) in [5.41, 5.74) is 1.14. The van der Waals surface area contributed by atoms with Crippen molar-refractivity contribution in [1.29, 1.82) is 0 Å². The topological polar surface area (TPSA) is 72.2 Å². The molecule has 7 heteroatoms. The van der Waals surface area contributed by atoms with Crippen molar-refractivity contribution in [3.05, 3.63) is 11.6 Å². The second kappa shape index (κ2) is 6.91. The summed E-state index contributed by atoms with van der Waals surface area (Å²) in [5, 5.41) is 8.59. The molecule has 0 saturated carbocycles. The first-order valence-corrected chi connectivity index (χ1v) is 9.09. The van der Waals surface area contributed by atoms with E-state index in [1.165, 1.54) is 11.3 Å². The maximum absolute atomic E-state index is 11.1. The van der Waals surface area contributed by atoms with Crippen LogP contribution in [0.2, 0.25) is 0 Å². The van der Waals surface area contributed by atoms with Gasteiger partial charge in [-0.05, 0) is 38.1 Å². The van der Waals surface area contributed by atoms with Crippen molar-refractivity contribution < 1.29 is 8.42 Å². The summed E-state index contributed by atoms with van der Waals surface area (Å²) in [7, 11) is -1.58. The highest BCUT2D eigenvalue weighted by Gasteiger charge is 2.22. The van der Waals surface area contributed by atoms with Gasteiger partial charge in [-0.3, -0.25) is 0 Å². The molecule has 1 aromatic rings. The molecule has 18 heavy (non-hydrogen) atoms. The molecule has 0 saturated heterocycles. The van der Waals surface area contributed by atoms with Crippen LogP contribution in [0.1, 0.15) is 25.8 Å². The molecule has 0 amide bonds. The number of nitrogens with two attached hydrogens (primary N) is 1.